The van der Waals surface area contributed by atoms with Gasteiger partial charge in [-0.25, -0.2) is 31.4 Å². The van der Waals surface area contributed by atoms with Crippen molar-refractivity contribution in [3.8, 4) is 0 Å². The van der Waals surface area contributed by atoms with Gasteiger partial charge in [-0.05, 0) is 51.0 Å². The van der Waals surface area contributed by atoms with Crippen LogP contribution in [0, 0.1) is 23.7 Å². The molecule has 584 valence electrons. The van der Waals surface area contributed by atoms with Crippen molar-refractivity contribution in [1.82, 2.24) is 36.1 Å². The van der Waals surface area contributed by atoms with Gasteiger partial charge in [0, 0.05) is 102 Å². The van der Waals surface area contributed by atoms with Crippen molar-refractivity contribution in [2.45, 2.75) is 142 Å². The van der Waals surface area contributed by atoms with Gasteiger partial charge in [0.05, 0.1) is 18.6 Å². The summed E-state index contributed by atoms with van der Waals surface area (Å²) >= 11 is 0. The molecule has 0 aromatic rings. The highest BCUT2D eigenvalue weighted by Crippen LogP contribution is 2.36. The Bertz CT molecular complexity index is 3040. The summed E-state index contributed by atoms with van der Waals surface area (Å²) in [6.45, 7) is -6.60. The van der Waals surface area contributed by atoms with Crippen LogP contribution in [-0.4, -0.2) is 310 Å². The van der Waals surface area contributed by atoms with Crippen molar-refractivity contribution in [2.75, 3.05) is 85.2 Å². The number of carboxylic acid groups (broad SMARTS) is 3. The van der Waals surface area contributed by atoms with Crippen molar-refractivity contribution in [2.24, 2.45) is 69.5 Å². The van der Waals surface area contributed by atoms with E-state index in [2.05, 4.69) is 4.72 Å². The van der Waals surface area contributed by atoms with Crippen LogP contribution < -0.4 is 64.8 Å². The van der Waals surface area contributed by atoms with Gasteiger partial charge in [0.2, 0.25) is 0 Å². The number of alkyl halides is 8. The van der Waals surface area contributed by atoms with Crippen LogP contribution in [0.4, 0.5) is 35.1 Å². The van der Waals surface area contributed by atoms with E-state index in [1.165, 1.54) is 4.72 Å². The van der Waals surface area contributed by atoms with Crippen LogP contribution in [0.2, 0.25) is 25.3 Å². The van der Waals surface area contributed by atoms with Crippen LogP contribution in [0.25, 0.3) is 0 Å². The Labute approximate surface area is 572 Å². The second-order valence-corrected chi connectivity index (χ2v) is 31.1. The van der Waals surface area contributed by atoms with E-state index in [0.29, 0.717) is 8.61 Å². The summed E-state index contributed by atoms with van der Waals surface area (Å²) in [5.41, 5.74) is 36.7. The van der Waals surface area contributed by atoms with Crippen LogP contribution >= 0.6 is 0 Å². The predicted molar refractivity (Wildman–Crippen MR) is 339 cm³/mol. The number of hydrogen-bond donors (Lipinski definition) is 23. The maximum Gasteiger partial charge on any atom is 0.451 e. The molecule has 0 unspecified atom stereocenters. The minimum Gasteiger partial charge on any atom is -0.480 e. The largest absolute Gasteiger partial charge is 0.480 e. The van der Waals surface area contributed by atoms with Gasteiger partial charge in [-0.15, -0.1) is 0 Å². The summed E-state index contributed by atoms with van der Waals surface area (Å²) in [4.78, 5) is 45.1. The first kappa shape index (κ1) is 94.4. The SMILES string of the molecule is NC[C@H](NS(=O)(=O)N1C[C@H](CCCB(O)O)[C@](N)(C(=O)O)C1)C(F)F.NC[C@H](NS(=O)(=O)N1C[C@H](CCCB(O)O)[C@](N)(OC=O)C1)C(F)(F)F.N[C@@H](CF)CNS(=O)(=O)N1C[C@H](CCCB(O)O)[C@](N)(C(=O)O)C1.N[C@H](CNS(=O)(=O)N1C[C@H](CCCB(O)O)[C@](N)(C(=O)O)C1)C(F)F. The lowest BCUT2D eigenvalue weighted by molar-refractivity contribution is -0.149. The zero-order chi connectivity index (χ0) is 77.5. The lowest BCUT2D eigenvalue weighted by Gasteiger charge is -2.28. The number of aliphatic carboxylic acids is 3. The molecule has 56 heteroatoms. The van der Waals surface area contributed by atoms with Gasteiger partial charge in [0.15, 0.2) is 5.72 Å². The predicted octanol–water partition coefficient (Wildman–Crippen LogP) is -10.4. The Morgan fingerprint density at radius 1 is 0.530 bits per heavy atom. The number of carbonyl (C=O) groups is 4. The van der Waals surface area contributed by atoms with E-state index in [9.17, 15) is 103 Å². The van der Waals surface area contributed by atoms with Gasteiger partial charge in [-0.2, -0.15) is 73.5 Å². The van der Waals surface area contributed by atoms with Crippen LogP contribution in [-0.2, 0) is 64.8 Å². The zero-order valence-corrected chi connectivity index (χ0v) is 56.9. The number of nitrogens with one attached hydrogen (secondary N) is 4. The number of ether oxygens (including phenoxy) is 1. The maximum atomic E-state index is 12.8. The van der Waals surface area contributed by atoms with E-state index in [0.717, 1.165) is 8.61 Å². The molecule has 4 heterocycles. The standard InChI is InChI=1S/C11H22BF3N4O6S.2C11H23BF2N4O6S.C11H24BFN4O6S/c13-11(14,15)9(4-16)18-26(23,24)19-5-8(2-1-3-12(21)22)10(17,6-19)25-7-20;13-9(14)8(15)4-17-25(23,24)18-5-7(2-1-3-12(21)22)11(16,6-18)10(19)20;13-9(14)8(4-15)17-25(23,24)18-5-7(2-1-3-12(21)22)11(16,6-18)10(19)20;13-4-9(14)5-16-24(22,23)17-6-8(2-1-3-12(20)21)11(15,7-17)10(18)19/h7-9,18,21-22H,1-6,16-17H2;2*7-9,17,21-22H,1-6,15-16H2,(H,19,20);8-9,16,20-21H,1-7,14-15H2,(H,18,19)/t8-,9-,10+;7-,8+,11-;7-,8-,11-;8-,9-,11-/m0000/s1. The number of carbonyl (C=O) groups excluding carboxylic acids is 1. The Kier molecular flexibility index (Phi) is 38.5. The highest BCUT2D eigenvalue weighted by molar-refractivity contribution is 7.88. The molecule has 4 aliphatic rings. The number of rotatable bonds is 40. The second-order valence-electron chi connectivity index (χ2n) is 24.2. The number of carboxylic acids is 3. The Balaban J connectivity index is 0.000000667. The molecule has 0 bridgehead atoms. The molecule has 0 aliphatic carbocycles. The topological polar surface area (TPSA) is 706 Å². The third kappa shape index (κ3) is 29.1. The first-order valence-corrected chi connectivity index (χ1v) is 36.0. The summed E-state index contributed by atoms with van der Waals surface area (Å²) in [6.07, 6.45) is -9.25. The molecule has 100 heavy (non-hydrogen) atoms. The van der Waals surface area contributed by atoms with Gasteiger partial charge in [0.1, 0.15) is 29.3 Å². The fourth-order valence-electron chi connectivity index (χ4n) is 10.5. The fraction of sp³-hybridized carbons (Fsp3) is 0.909. The van der Waals surface area contributed by atoms with Gasteiger partial charge in [-0.3, -0.25) is 24.9 Å². The Hall–Kier alpha value is -3.58. The van der Waals surface area contributed by atoms with Crippen LogP contribution in [0.1, 0.15) is 51.4 Å². The van der Waals surface area contributed by atoms with Crippen molar-refractivity contribution < 1.29 is 148 Å². The monoisotopic (exact) mass is 1550 g/mol. The minimum absolute atomic E-state index is 0.0135. The molecule has 4 fully saturated rings. The summed E-state index contributed by atoms with van der Waals surface area (Å²) in [6, 6.07) is -6.96. The smallest absolute Gasteiger partial charge is 0.451 e. The molecule has 31 N–H and O–H groups in total. The maximum absolute atomic E-state index is 12.8. The summed E-state index contributed by atoms with van der Waals surface area (Å²) in [5, 5.41) is 98.7. The van der Waals surface area contributed by atoms with Crippen molar-refractivity contribution in [3.63, 3.8) is 0 Å². The van der Waals surface area contributed by atoms with Gasteiger partial charge >= 0.3 is 52.6 Å². The number of nitrogens with zero attached hydrogens (tertiary/aromatic N) is 4. The van der Waals surface area contributed by atoms with E-state index in [1.807, 2.05) is 4.72 Å². The van der Waals surface area contributed by atoms with Crippen molar-refractivity contribution in [1.29, 1.82) is 0 Å². The molecule has 0 aromatic carbocycles. The average Bonchev–Trinajstić information content (AvgIpc) is 1.65. The van der Waals surface area contributed by atoms with Crippen LogP contribution in [0.3, 0.4) is 0 Å². The van der Waals surface area contributed by atoms with Crippen LogP contribution in [0.5, 0.6) is 0 Å². The van der Waals surface area contributed by atoms with E-state index in [-0.39, 0.29) is 116 Å². The molecule has 4 saturated heterocycles. The van der Waals surface area contributed by atoms with Crippen molar-refractivity contribution in [3.05, 3.63) is 0 Å². The van der Waals surface area contributed by atoms with E-state index in [1.54, 1.807) is 4.72 Å². The number of halogens is 8. The highest BCUT2D eigenvalue weighted by atomic mass is 32.2. The Morgan fingerprint density at radius 3 is 1.14 bits per heavy atom. The molecule has 0 radical (unpaired) electrons. The van der Waals surface area contributed by atoms with Gasteiger partial charge in [0.25, 0.3) is 60.2 Å². The van der Waals surface area contributed by atoms with Crippen molar-refractivity contribution >= 4 is 93.7 Å². The molecule has 4 aliphatic heterocycles. The van der Waals surface area contributed by atoms with Gasteiger partial charge in [-0.1, -0.05) is 25.7 Å². The average molecular weight is 1550 g/mol. The first-order valence-electron chi connectivity index (χ1n) is 30.3. The van der Waals surface area contributed by atoms with Crippen LogP contribution in [0.15, 0.2) is 0 Å². The zero-order valence-electron chi connectivity index (χ0n) is 53.6. The quantitative estimate of drug-likeness (QED) is 0.0117. The normalized spacial score (nSPS) is 26.1. The highest BCUT2D eigenvalue weighted by Gasteiger charge is 2.56. The molecule has 0 saturated carbocycles. The van der Waals surface area contributed by atoms with Gasteiger partial charge < -0.3 is 100 Å². The lowest BCUT2D eigenvalue weighted by Crippen LogP contribution is -2.56. The molecular weight excluding hydrogens is 1460 g/mol. The number of hydrogen-bond acceptors (Lipinski definition) is 29. The third-order valence-electron chi connectivity index (χ3n) is 16.5. The molecular formula is C44H92B4F8N16O24S4. The molecule has 0 amide bonds. The Morgan fingerprint density at radius 2 is 0.850 bits per heavy atom. The van der Waals surface area contributed by atoms with E-state index >= 15 is 0 Å². The third-order valence-corrected chi connectivity index (χ3v) is 22.6. The molecule has 40 nitrogen and oxygen atoms in total. The summed E-state index contributed by atoms with van der Waals surface area (Å²) < 4.78 is 214. The number of nitrogens with two attached hydrogens (primary N) is 8. The molecule has 12 atom stereocenters. The lowest BCUT2D eigenvalue weighted by atomic mass is 9.78. The fourth-order valence-corrected chi connectivity index (χ4v) is 16.2. The van der Waals surface area contributed by atoms with E-state index < -0.39 is 229 Å². The molecule has 0 spiro atoms. The van der Waals surface area contributed by atoms with E-state index in [4.69, 9.17) is 90.8 Å². The second kappa shape index (κ2) is 40.8. The summed E-state index contributed by atoms with van der Waals surface area (Å²) in [7, 11) is -23.5. The minimum atomic E-state index is -4.88. The summed E-state index contributed by atoms with van der Waals surface area (Å²) in [5.74, 6) is -7.19. The first-order chi connectivity index (χ1) is 45.7. The molecule has 0 aromatic heterocycles. The molecule has 4 rings (SSSR count).